The van der Waals surface area contributed by atoms with E-state index in [1.165, 1.54) is 6.20 Å². The maximum Gasteiger partial charge on any atom is 0.264 e. The molecule has 0 amide bonds. The average Bonchev–Trinajstić information content (AvgIpc) is 2.96. The normalized spacial score (nSPS) is 11.9. The third kappa shape index (κ3) is 2.71. The summed E-state index contributed by atoms with van der Waals surface area (Å²) >= 11 is 6.21. The molecule has 4 aromatic rings. The molecule has 0 saturated carbocycles. The van der Waals surface area contributed by atoms with Crippen LogP contribution in [0.15, 0.2) is 59.8 Å². The highest BCUT2D eigenvalue weighted by molar-refractivity contribution is 7.92. The van der Waals surface area contributed by atoms with Gasteiger partial charge in [0.05, 0.1) is 15.4 Å². The van der Waals surface area contributed by atoms with E-state index in [0.717, 1.165) is 16.5 Å². The van der Waals surface area contributed by atoms with Gasteiger partial charge in [0.1, 0.15) is 5.65 Å². The van der Waals surface area contributed by atoms with Gasteiger partial charge in [-0.2, -0.15) is 0 Å². The van der Waals surface area contributed by atoms with Crippen molar-refractivity contribution in [2.45, 2.75) is 11.8 Å². The summed E-state index contributed by atoms with van der Waals surface area (Å²) < 4.78 is 29.5. The van der Waals surface area contributed by atoms with E-state index in [9.17, 15) is 8.42 Å². The van der Waals surface area contributed by atoms with E-state index in [0.29, 0.717) is 10.7 Å². The summed E-state index contributed by atoms with van der Waals surface area (Å²) in [5.74, 6) is 0.155. The quantitative estimate of drug-likeness (QED) is 0.595. The Balaban J connectivity index is 1.88. The minimum Gasteiger partial charge on any atom is -0.263 e. The molecular weight excluding hydrogens is 360 g/mol. The van der Waals surface area contributed by atoms with Gasteiger partial charge in [0.2, 0.25) is 5.95 Å². The second-order valence-electron chi connectivity index (χ2n) is 5.62. The molecule has 25 heavy (non-hydrogen) atoms. The average molecular weight is 373 g/mol. The molecule has 3 heterocycles. The standard InChI is InChI=1S/C17H13ClN4O2S/c1-11-2-4-13(5-3-11)25(23,24)21-17-20-8-6-12-10-14-15(18)7-9-19-16(14)22(12)17/h2-10H,1H3,(H,20,21). The first kappa shape index (κ1) is 15.9. The van der Waals surface area contributed by atoms with E-state index in [-0.39, 0.29) is 10.8 Å². The molecule has 0 bridgehead atoms. The fourth-order valence-electron chi connectivity index (χ4n) is 2.64. The van der Waals surface area contributed by atoms with Crippen LogP contribution in [0.4, 0.5) is 5.95 Å². The Bertz CT molecular complexity index is 1200. The maximum atomic E-state index is 12.7. The molecule has 0 aliphatic heterocycles. The van der Waals surface area contributed by atoms with Gasteiger partial charge in [0.25, 0.3) is 10.0 Å². The number of benzene rings is 1. The van der Waals surface area contributed by atoms with E-state index in [2.05, 4.69) is 14.7 Å². The number of fused-ring (bicyclic) bond motifs is 3. The maximum absolute atomic E-state index is 12.7. The highest BCUT2D eigenvalue weighted by atomic mass is 35.5. The van der Waals surface area contributed by atoms with Gasteiger partial charge < -0.3 is 0 Å². The lowest BCUT2D eigenvalue weighted by atomic mass is 10.2. The second kappa shape index (κ2) is 5.72. The summed E-state index contributed by atoms with van der Waals surface area (Å²) in [6.07, 6.45) is 3.11. The van der Waals surface area contributed by atoms with Crippen LogP contribution in [0.25, 0.3) is 16.6 Å². The van der Waals surface area contributed by atoms with Gasteiger partial charge in [-0.1, -0.05) is 29.3 Å². The first-order valence-corrected chi connectivity index (χ1v) is 9.32. The van der Waals surface area contributed by atoms with Crippen LogP contribution in [-0.2, 0) is 10.0 Å². The van der Waals surface area contributed by atoms with Crippen LogP contribution >= 0.6 is 11.6 Å². The molecule has 0 radical (unpaired) electrons. The highest BCUT2D eigenvalue weighted by Gasteiger charge is 2.18. The first-order valence-electron chi connectivity index (χ1n) is 7.46. The second-order valence-corrected chi connectivity index (χ2v) is 7.71. The lowest BCUT2D eigenvalue weighted by molar-refractivity contribution is 0.600. The Labute approximate surface area is 149 Å². The highest BCUT2D eigenvalue weighted by Crippen LogP contribution is 2.27. The molecule has 0 saturated heterocycles. The molecule has 1 aromatic carbocycles. The monoisotopic (exact) mass is 372 g/mol. The zero-order valence-electron chi connectivity index (χ0n) is 13.1. The molecule has 4 rings (SSSR count). The fraction of sp³-hybridized carbons (Fsp3) is 0.0588. The van der Waals surface area contributed by atoms with Crippen molar-refractivity contribution in [3.05, 3.63) is 65.4 Å². The molecular formula is C17H13ClN4O2S. The Morgan fingerprint density at radius 1 is 1.04 bits per heavy atom. The van der Waals surface area contributed by atoms with E-state index in [1.807, 2.05) is 13.0 Å². The molecule has 0 fully saturated rings. The van der Waals surface area contributed by atoms with Crippen molar-refractivity contribution in [1.82, 2.24) is 14.4 Å². The predicted octanol–water partition coefficient (Wildman–Crippen LogP) is 3.65. The lowest BCUT2D eigenvalue weighted by Gasteiger charge is -2.10. The molecule has 1 N–H and O–H groups in total. The number of nitrogens with one attached hydrogen (secondary N) is 1. The van der Waals surface area contributed by atoms with E-state index >= 15 is 0 Å². The number of rotatable bonds is 3. The Morgan fingerprint density at radius 2 is 1.76 bits per heavy atom. The molecule has 3 aromatic heterocycles. The molecule has 6 nitrogen and oxygen atoms in total. The number of pyridine rings is 1. The van der Waals surface area contributed by atoms with Gasteiger partial charge in [-0.05, 0) is 37.3 Å². The molecule has 0 spiro atoms. The zero-order chi connectivity index (χ0) is 17.6. The molecule has 8 heteroatoms. The van der Waals surface area contributed by atoms with E-state index in [4.69, 9.17) is 11.6 Å². The van der Waals surface area contributed by atoms with Gasteiger partial charge in [0, 0.05) is 17.8 Å². The van der Waals surface area contributed by atoms with Crippen molar-refractivity contribution in [1.29, 1.82) is 0 Å². The van der Waals surface area contributed by atoms with Crippen molar-refractivity contribution in [2.24, 2.45) is 0 Å². The zero-order valence-corrected chi connectivity index (χ0v) is 14.7. The van der Waals surface area contributed by atoms with Crippen molar-refractivity contribution in [3.63, 3.8) is 0 Å². The largest absolute Gasteiger partial charge is 0.264 e. The minimum absolute atomic E-state index is 0.155. The summed E-state index contributed by atoms with van der Waals surface area (Å²) in [5, 5.41) is 1.27. The number of hydrogen-bond donors (Lipinski definition) is 1. The van der Waals surface area contributed by atoms with E-state index in [1.54, 1.807) is 47.0 Å². The van der Waals surface area contributed by atoms with Gasteiger partial charge in [-0.25, -0.2) is 23.1 Å². The number of halogens is 1. The van der Waals surface area contributed by atoms with Crippen molar-refractivity contribution in [2.75, 3.05) is 4.72 Å². The number of sulfonamides is 1. The van der Waals surface area contributed by atoms with Crippen LogP contribution in [0, 0.1) is 6.92 Å². The van der Waals surface area contributed by atoms with Crippen LogP contribution in [0.1, 0.15) is 5.56 Å². The van der Waals surface area contributed by atoms with Crippen LogP contribution in [-0.4, -0.2) is 22.8 Å². The Kier molecular flexibility index (Phi) is 3.63. The lowest BCUT2D eigenvalue weighted by Crippen LogP contribution is -2.16. The van der Waals surface area contributed by atoms with Crippen LogP contribution in [0.3, 0.4) is 0 Å². The number of aryl methyl sites for hydroxylation is 1. The summed E-state index contributed by atoms with van der Waals surface area (Å²) in [7, 11) is -3.77. The Hall–Kier alpha value is -2.64. The van der Waals surface area contributed by atoms with Crippen molar-refractivity contribution < 1.29 is 8.42 Å². The van der Waals surface area contributed by atoms with Gasteiger partial charge in [-0.3, -0.25) is 4.40 Å². The van der Waals surface area contributed by atoms with Crippen LogP contribution < -0.4 is 4.72 Å². The minimum atomic E-state index is -3.77. The molecule has 0 atom stereocenters. The summed E-state index contributed by atoms with van der Waals surface area (Å²) in [6, 6.07) is 11.9. The van der Waals surface area contributed by atoms with Gasteiger partial charge in [-0.15, -0.1) is 0 Å². The SMILES string of the molecule is Cc1ccc(S(=O)(=O)Nc2nccc3cc4c(Cl)ccnc4n23)cc1. The number of anilines is 1. The topological polar surface area (TPSA) is 76.4 Å². The molecule has 126 valence electrons. The fourth-order valence-corrected chi connectivity index (χ4v) is 3.83. The number of aromatic nitrogens is 3. The molecule has 0 unspecified atom stereocenters. The molecule has 0 aliphatic rings. The third-order valence-corrected chi connectivity index (χ3v) is 5.56. The third-order valence-electron chi connectivity index (χ3n) is 3.89. The van der Waals surface area contributed by atoms with Crippen molar-refractivity contribution >= 4 is 44.1 Å². The number of hydrogen-bond acceptors (Lipinski definition) is 4. The predicted molar refractivity (Wildman–Crippen MR) is 97.5 cm³/mol. The van der Waals surface area contributed by atoms with Gasteiger partial charge in [0.15, 0.2) is 0 Å². The van der Waals surface area contributed by atoms with Crippen LogP contribution in [0.5, 0.6) is 0 Å². The smallest absolute Gasteiger partial charge is 0.263 e. The van der Waals surface area contributed by atoms with Crippen molar-refractivity contribution in [3.8, 4) is 0 Å². The van der Waals surface area contributed by atoms with E-state index < -0.39 is 10.0 Å². The summed E-state index contributed by atoms with van der Waals surface area (Å²) in [6.45, 7) is 1.90. The number of nitrogens with zero attached hydrogens (tertiary/aromatic N) is 3. The summed E-state index contributed by atoms with van der Waals surface area (Å²) in [5.41, 5.74) is 2.26. The summed E-state index contributed by atoms with van der Waals surface area (Å²) in [4.78, 5) is 8.65. The molecule has 0 aliphatic carbocycles. The van der Waals surface area contributed by atoms with Gasteiger partial charge >= 0.3 is 0 Å². The van der Waals surface area contributed by atoms with Crippen LogP contribution in [0.2, 0.25) is 5.02 Å². The Morgan fingerprint density at radius 3 is 2.52 bits per heavy atom. The first-order chi connectivity index (χ1) is 12.0.